The SMILES string of the molecule is Cc1c(-c2cc3cccnc3n2CC2CC2)nn2cc(C(=O)N3CC4CC5CC3[C@H]54)ccc12. The third-order valence-electron chi connectivity index (χ3n) is 8.93. The van der Waals surface area contributed by atoms with Crippen molar-refractivity contribution in [1.29, 1.82) is 0 Å². The van der Waals surface area contributed by atoms with Gasteiger partial charge >= 0.3 is 0 Å². The van der Waals surface area contributed by atoms with Crippen molar-refractivity contribution in [3.8, 4) is 11.4 Å². The molecular weight excluding hydrogens is 410 g/mol. The third-order valence-corrected chi connectivity index (χ3v) is 8.93. The standard InChI is InChI=1S/C27H27N5O/c1-15-21-7-6-18(27(33)31-13-20-9-19-11-22(31)24(19)20)14-32(21)29-25(15)23-10-17-3-2-8-28-26(17)30(23)12-16-4-5-16/h2-3,6-8,10,14,16,19-20,22,24H,4-5,9,11-13H2,1H3/t19?,20?,22?,24-/m1/s1. The number of carbonyl (C=O) groups excluding carboxylic acids is 1. The highest BCUT2D eigenvalue weighted by Crippen LogP contribution is 2.60. The fraction of sp³-hybridized carbons (Fsp3) is 0.444. The summed E-state index contributed by atoms with van der Waals surface area (Å²) in [7, 11) is 0. The molecule has 1 aliphatic heterocycles. The molecule has 0 radical (unpaired) electrons. The summed E-state index contributed by atoms with van der Waals surface area (Å²) in [6.45, 7) is 4.07. The first-order chi connectivity index (χ1) is 16.2. The van der Waals surface area contributed by atoms with Gasteiger partial charge in [0.25, 0.3) is 5.91 Å². The van der Waals surface area contributed by atoms with Gasteiger partial charge in [-0.15, -0.1) is 0 Å². The molecule has 3 aliphatic carbocycles. The number of likely N-dealkylation sites (tertiary alicyclic amines) is 1. The summed E-state index contributed by atoms with van der Waals surface area (Å²) in [5.74, 6) is 3.36. The summed E-state index contributed by atoms with van der Waals surface area (Å²) in [6, 6.07) is 10.9. The van der Waals surface area contributed by atoms with Crippen molar-refractivity contribution in [1.82, 2.24) is 24.1 Å². The monoisotopic (exact) mass is 437 g/mol. The van der Waals surface area contributed by atoms with E-state index in [9.17, 15) is 4.79 Å². The van der Waals surface area contributed by atoms with E-state index in [2.05, 4.69) is 39.6 Å². The summed E-state index contributed by atoms with van der Waals surface area (Å²) in [4.78, 5) is 20.2. The highest BCUT2D eigenvalue weighted by atomic mass is 16.2. The molecule has 6 nitrogen and oxygen atoms in total. The van der Waals surface area contributed by atoms with Gasteiger partial charge in [0.15, 0.2) is 0 Å². The first-order valence-electron chi connectivity index (χ1n) is 12.4. The van der Waals surface area contributed by atoms with E-state index in [-0.39, 0.29) is 5.91 Å². The quantitative estimate of drug-likeness (QED) is 0.471. The maximum atomic E-state index is 13.4. The van der Waals surface area contributed by atoms with Crippen LogP contribution in [0.3, 0.4) is 0 Å². The van der Waals surface area contributed by atoms with Gasteiger partial charge in [-0.25, -0.2) is 9.50 Å². The van der Waals surface area contributed by atoms with Gasteiger partial charge in [-0.2, -0.15) is 5.10 Å². The molecule has 33 heavy (non-hydrogen) atoms. The van der Waals surface area contributed by atoms with E-state index >= 15 is 0 Å². The Labute approximate surface area is 192 Å². The molecule has 4 fully saturated rings. The highest BCUT2D eigenvalue weighted by molar-refractivity contribution is 5.95. The fourth-order valence-electron chi connectivity index (χ4n) is 6.93. The zero-order chi connectivity index (χ0) is 21.8. The number of fused-ring (bicyclic) bond motifs is 2. The number of aromatic nitrogens is 4. The van der Waals surface area contributed by atoms with Crippen LogP contribution >= 0.6 is 0 Å². The van der Waals surface area contributed by atoms with Crippen LogP contribution in [0.4, 0.5) is 0 Å². The molecule has 4 aromatic rings. The minimum Gasteiger partial charge on any atom is -0.335 e. The molecule has 0 aromatic carbocycles. The number of rotatable bonds is 4. The molecule has 8 rings (SSSR count). The topological polar surface area (TPSA) is 55.4 Å². The molecule has 4 aliphatic rings. The lowest BCUT2D eigenvalue weighted by Crippen LogP contribution is -2.53. The Morgan fingerprint density at radius 3 is 2.88 bits per heavy atom. The van der Waals surface area contributed by atoms with Crippen LogP contribution in [0.5, 0.6) is 0 Å². The number of nitrogens with zero attached hydrogens (tertiary/aromatic N) is 5. The van der Waals surface area contributed by atoms with Gasteiger partial charge in [-0.3, -0.25) is 4.79 Å². The predicted molar refractivity (Wildman–Crippen MR) is 126 cm³/mol. The summed E-state index contributed by atoms with van der Waals surface area (Å²) in [5, 5.41) is 6.16. The van der Waals surface area contributed by atoms with E-state index in [0.29, 0.717) is 6.04 Å². The van der Waals surface area contributed by atoms with Crippen LogP contribution in [0, 0.1) is 30.6 Å². The van der Waals surface area contributed by atoms with Crippen LogP contribution in [-0.4, -0.2) is 42.6 Å². The van der Waals surface area contributed by atoms with Crippen LogP contribution in [0.25, 0.3) is 27.9 Å². The van der Waals surface area contributed by atoms with E-state index in [0.717, 1.165) is 75.8 Å². The zero-order valence-corrected chi connectivity index (χ0v) is 18.8. The minimum absolute atomic E-state index is 0.177. The smallest absolute Gasteiger partial charge is 0.255 e. The van der Waals surface area contributed by atoms with Gasteiger partial charge in [0.05, 0.1) is 16.8 Å². The summed E-state index contributed by atoms with van der Waals surface area (Å²) < 4.78 is 4.26. The van der Waals surface area contributed by atoms with Crippen molar-refractivity contribution in [3.63, 3.8) is 0 Å². The summed E-state index contributed by atoms with van der Waals surface area (Å²) in [5.41, 5.74) is 6.11. The number of amides is 1. The van der Waals surface area contributed by atoms with E-state index in [4.69, 9.17) is 5.10 Å². The Balaban J connectivity index is 1.20. The van der Waals surface area contributed by atoms with Crippen molar-refractivity contribution >= 4 is 22.5 Å². The second-order valence-corrected chi connectivity index (χ2v) is 10.8. The summed E-state index contributed by atoms with van der Waals surface area (Å²) >= 11 is 0. The molecule has 1 amide bonds. The van der Waals surface area contributed by atoms with Crippen molar-refractivity contribution in [3.05, 3.63) is 53.9 Å². The second kappa shape index (κ2) is 6.25. The van der Waals surface area contributed by atoms with Gasteiger partial charge in [0, 0.05) is 42.5 Å². The van der Waals surface area contributed by atoms with Crippen molar-refractivity contribution in [2.24, 2.45) is 23.7 Å². The predicted octanol–water partition coefficient (Wildman–Crippen LogP) is 4.55. The van der Waals surface area contributed by atoms with Crippen molar-refractivity contribution < 1.29 is 4.79 Å². The Bertz CT molecular complexity index is 1460. The highest BCUT2D eigenvalue weighted by Gasteiger charge is 2.61. The van der Waals surface area contributed by atoms with Gasteiger partial charge in [-0.1, -0.05) is 0 Å². The van der Waals surface area contributed by atoms with Gasteiger partial charge in [0.2, 0.25) is 0 Å². The van der Waals surface area contributed by atoms with Gasteiger partial charge < -0.3 is 9.47 Å². The molecule has 1 saturated heterocycles. The van der Waals surface area contributed by atoms with Crippen LogP contribution in [0.15, 0.2) is 42.7 Å². The van der Waals surface area contributed by atoms with Gasteiger partial charge in [-0.05, 0) is 86.6 Å². The average molecular weight is 438 g/mol. The molecule has 166 valence electrons. The van der Waals surface area contributed by atoms with E-state index in [1.165, 1.54) is 25.7 Å². The average Bonchev–Trinajstić information content (AvgIpc) is 3.48. The summed E-state index contributed by atoms with van der Waals surface area (Å²) in [6.07, 6.45) is 8.94. The molecular formula is C27H27N5O. The van der Waals surface area contributed by atoms with E-state index < -0.39 is 0 Å². The maximum absolute atomic E-state index is 13.4. The molecule has 0 spiro atoms. The molecule has 4 aromatic heterocycles. The Morgan fingerprint density at radius 2 is 2.06 bits per heavy atom. The lowest BCUT2D eigenvalue weighted by Gasteiger charge is -2.52. The molecule has 3 unspecified atom stereocenters. The van der Waals surface area contributed by atoms with E-state index in [1.807, 2.05) is 29.0 Å². The van der Waals surface area contributed by atoms with Gasteiger partial charge in [0.1, 0.15) is 11.3 Å². The van der Waals surface area contributed by atoms with E-state index in [1.54, 1.807) is 0 Å². The minimum atomic E-state index is 0.177. The van der Waals surface area contributed by atoms with Crippen LogP contribution in [-0.2, 0) is 6.54 Å². The lowest BCUT2D eigenvalue weighted by atomic mass is 9.53. The van der Waals surface area contributed by atoms with Crippen LogP contribution < -0.4 is 0 Å². The zero-order valence-electron chi connectivity index (χ0n) is 18.8. The maximum Gasteiger partial charge on any atom is 0.255 e. The fourth-order valence-corrected chi connectivity index (χ4v) is 6.93. The first-order valence-corrected chi connectivity index (χ1v) is 12.4. The second-order valence-electron chi connectivity index (χ2n) is 10.8. The third kappa shape index (κ3) is 2.47. The first kappa shape index (κ1) is 18.3. The normalized spacial score (nSPS) is 27.6. The number of pyridine rings is 2. The Hall–Kier alpha value is -3.15. The van der Waals surface area contributed by atoms with Crippen LogP contribution in [0.2, 0.25) is 0 Å². The van der Waals surface area contributed by atoms with Crippen LogP contribution in [0.1, 0.15) is 41.6 Å². The molecule has 6 heteroatoms. The van der Waals surface area contributed by atoms with Crippen molar-refractivity contribution in [2.75, 3.05) is 6.54 Å². The lowest BCUT2D eigenvalue weighted by molar-refractivity contribution is -0.0204. The molecule has 3 saturated carbocycles. The number of aryl methyl sites for hydroxylation is 1. The Morgan fingerprint density at radius 1 is 1.15 bits per heavy atom. The molecule has 0 N–H and O–H groups in total. The molecule has 4 atom stereocenters. The largest absolute Gasteiger partial charge is 0.335 e. The number of hydrogen-bond acceptors (Lipinski definition) is 3. The molecule has 5 heterocycles. The number of carbonyl (C=O) groups is 1. The van der Waals surface area contributed by atoms with Crippen molar-refractivity contribution in [2.45, 2.75) is 45.2 Å². The molecule has 0 bridgehead atoms. The number of hydrogen-bond donors (Lipinski definition) is 0. The Kier molecular flexibility index (Phi) is 3.46.